The number of nitrogens with one attached hydrogen (secondary N) is 2. The van der Waals surface area contributed by atoms with Gasteiger partial charge in [0.25, 0.3) is 5.78 Å². The van der Waals surface area contributed by atoms with Crippen LogP contribution in [-0.4, -0.2) is 56.7 Å². The molecule has 1 aromatic heterocycles. The number of aliphatic carboxylic acids is 1. The number of ketones is 1. The van der Waals surface area contributed by atoms with Crippen molar-refractivity contribution in [2.45, 2.75) is 51.7 Å². The molecule has 0 spiro atoms. The number of imidazole rings is 1. The number of rotatable bonds is 12. The second-order valence-electron chi connectivity index (χ2n) is 8.98. The summed E-state index contributed by atoms with van der Waals surface area (Å²) in [5.74, 6) is -4.49. The van der Waals surface area contributed by atoms with E-state index in [4.69, 9.17) is 5.11 Å². The first-order chi connectivity index (χ1) is 17.6. The standard InChI is InChI=1S/C26H28F2N4O5/c1-15(2)12-19(25(35)31-18(13-21(27)28)23(34)26(36)37)29-22(33)14-32-20-11-7-6-10-17(20)30-24(32)16-8-4-3-5-9-16/h3-11,15,18-19,21H,12-14H2,1-2H3,(H,29,33)(H,31,35)(H,36,37)/t18-,19-/m0/s1. The number of halogens is 2. The van der Waals surface area contributed by atoms with Crippen molar-refractivity contribution < 1.29 is 33.1 Å². The van der Waals surface area contributed by atoms with E-state index in [2.05, 4.69) is 15.6 Å². The normalized spacial score (nSPS) is 12.9. The lowest BCUT2D eigenvalue weighted by molar-refractivity contribution is -0.151. The number of carboxylic acid groups (broad SMARTS) is 1. The van der Waals surface area contributed by atoms with Gasteiger partial charge in [-0.25, -0.2) is 18.6 Å². The number of fused-ring (bicyclic) bond motifs is 1. The monoisotopic (exact) mass is 514 g/mol. The van der Waals surface area contributed by atoms with Crippen molar-refractivity contribution in [3.05, 3.63) is 54.6 Å². The highest BCUT2D eigenvalue weighted by atomic mass is 19.3. The van der Waals surface area contributed by atoms with Gasteiger partial charge >= 0.3 is 5.97 Å². The minimum Gasteiger partial charge on any atom is -0.475 e. The van der Waals surface area contributed by atoms with Crippen LogP contribution in [0.5, 0.6) is 0 Å². The molecular weight excluding hydrogens is 486 g/mol. The summed E-state index contributed by atoms with van der Waals surface area (Å²) in [4.78, 5) is 53.5. The maximum atomic E-state index is 13.1. The fourth-order valence-electron chi connectivity index (χ4n) is 3.96. The Kier molecular flexibility index (Phi) is 9.05. The zero-order valence-corrected chi connectivity index (χ0v) is 20.4. The van der Waals surface area contributed by atoms with E-state index >= 15 is 0 Å². The fraction of sp³-hybridized carbons (Fsp3) is 0.346. The zero-order valence-electron chi connectivity index (χ0n) is 20.4. The Bertz CT molecular complexity index is 1280. The highest BCUT2D eigenvalue weighted by Gasteiger charge is 2.32. The first-order valence-electron chi connectivity index (χ1n) is 11.7. The van der Waals surface area contributed by atoms with Gasteiger partial charge in [-0.2, -0.15) is 0 Å². The Morgan fingerprint density at radius 1 is 0.919 bits per heavy atom. The van der Waals surface area contributed by atoms with Gasteiger partial charge in [0.15, 0.2) is 0 Å². The summed E-state index contributed by atoms with van der Waals surface area (Å²) in [6.07, 6.45) is -4.03. The van der Waals surface area contributed by atoms with Gasteiger partial charge in [-0.1, -0.05) is 56.3 Å². The first kappa shape index (κ1) is 27.4. The molecule has 2 amide bonds. The van der Waals surface area contributed by atoms with Gasteiger partial charge in [-0.05, 0) is 24.5 Å². The summed E-state index contributed by atoms with van der Waals surface area (Å²) in [5, 5.41) is 13.6. The van der Waals surface area contributed by atoms with E-state index in [9.17, 15) is 28.0 Å². The number of hydrogen-bond donors (Lipinski definition) is 3. The zero-order chi connectivity index (χ0) is 27.1. The van der Waals surface area contributed by atoms with Crippen LogP contribution in [0.15, 0.2) is 54.6 Å². The van der Waals surface area contributed by atoms with Crippen LogP contribution < -0.4 is 10.6 Å². The van der Waals surface area contributed by atoms with Crippen molar-refractivity contribution in [1.29, 1.82) is 0 Å². The largest absolute Gasteiger partial charge is 0.475 e. The Morgan fingerprint density at radius 2 is 1.57 bits per heavy atom. The van der Waals surface area contributed by atoms with Crippen LogP contribution in [0.2, 0.25) is 0 Å². The minimum absolute atomic E-state index is 0.0891. The van der Waals surface area contributed by atoms with E-state index in [1.807, 2.05) is 54.6 Å². The summed E-state index contributed by atoms with van der Waals surface area (Å²) in [6, 6.07) is 13.4. The third-order valence-electron chi connectivity index (χ3n) is 5.60. The fourth-order valence-corrected chi connectivity index (χ4v) is 3.96. The molecule has 0 fully saturated rings. The van der Waals surface area contributed by atoms with Gasteiger partial charge in [-0.15, -0.1) is 0 Å². The minimum atomic E-state index is -3.02. The van der Waals surface area contributed by atoms with Crippen molar-refractivity contribution in [2.24, 2.45) is 5.92 Å². The van der Waals surface area contributed by atoms with Crippen LogP contribution in [0.4, 0.5) is 8.78 Å². The number of para-hydroxylation sites is 2. The molecule has 3 rings (SSSR count). The number of Topliss-reactive ketones (excluding diaryl/α,β-unsaturated/α-hetero) is 1. The van der Waals surface area contributed by atoms with E-state index in [-0.39, 0.29) is 18.9 Å². The molecule has 196 valence electrons. The SMILES string of the molecule is CC(C)C[C@H](NC(=O)Cn1c(-c2ccccc2)nc2ccccc21)C(=O)N[C@@H](CC(F)F)C(=O)C(=O)O. The van der Waals surface area contributed by atoms with Crippen LogP contribution in [0, 0.1) is 5.92 Å². The average Bonchev–Trinajstić information content (AvgIpc) is 3.20. The third kappa shape index (κ3) is 7.18. The van der Waals surface area contributed by atoms with Crippen LogP contribution in [0.25, 0.3) is 22.4 Å². The van der Waals surface area contributed by atoms with Crippen LogP contribution in [0.3, 0.4) is 0 Å². The highest BCUT2D eigenvalue weighted by Crippen LogP contribution is 2.24. The van der Waals surface area contributed by atoms with Gasteiger partial charge in [0.1, 0.15) is 24.5 Å². The van der Waals surface area contributed by atoms with Gasteiger partial charge in [-0.3, -0.25) is 14.4 Å². The number of aromatic nitrogens is 2. The lowest BCUT2D eigenvalue weighted by Gasteiger charge is -2.23. The number of amides is 2. The molecular formula is C26H28F2N4O5. The van der Waals surface area contributed by atoms with E-state index in [0.717, 1.165) is 5.56 Å². The van der Waals surface area contributed by atoms with Crippen molar-refractivity contribution in [3.8, 4) is 11.4 Å². The molecule has 37 heavy (non-hydrogen) atoms. The summed E-state index contributed by atoms with van der Waals surface area (Å²) in [6.45, 7) is 3.39. The smallest absolute Gasteiger partial charge is 0.374 e. The molecule has 11 heteroatoms. The molecule has 0 unspecified atom stereocenters. The van der Waals surface area contributed by atoms with Crippen LogP contribution in [-0.2, 0) is 25.7 Å². The molecule has 2 aromatic carbocycles. The molecule has 0 saturated heterocycles. The van der Waals surface area contributed by atoms with Crippen LogP contribution >= 0.6 is 0 Å². The van der Waals surface area contributed by atoms with E-state index in [1.165, 1.54) is 0 Å². The maximum Gasteiger partial charge on any atom is 0.374 e. The third-order valence-corrected chi connectivity index (χ3v) is 5.60. The number of alkyl halides is 2. The summed E-state index contributed by atoms with van der Waals surface area (Å²) < 4.78 is 27.6. The Labute approximate surface area is 211 Å². The summed E-state index contributed by atoms with van der Waals surface area (Å²) in [7, 11) is 0. The van der Waals surface area contributed by atoms with Crippen molar-refractivity contribution in [1.82, 2.24) is 20.2 Å². The average molecular weight is 515 g/mol. The lowest BCUT2D eigenvalue weighted by Crippen LogP contribution is -2.53. The number of hydrogen-bond acceptors (Lipinski definition) is 5. The maximum absolute atomic E-state index is 13.1. The summed E-state index contributed by atoms with van der Waals surface area (Å²) in [5.41, 5.74) is 2.16. The van der Waals surface area contributed by atoms with E-state index in [0.29, 0.717) is 16.9 Å². The Hall–Kier alpha value is -4.15. The number of carbonyl (C=O) groups is 4. The Balaban J connectivity index is 1.84. The quantitative estimate of drug-likeness (QED) is 0.319. The molecule has 3 aromatic rings. The Morgan fingerprint density at radius 3 is 2.19 bits per heavy atom. The molecule has 3 N–H and O–H groups in total. The molecule has 2 atom stereocenters. The predicted octanol–water partition coefficient (Wildman–Crippen LogP) is 3.03. The number of carbonyl (C=O) groups excluding carboxylic acids is 3. The highest BCUT2D eigenvalue weighted by molar-refractivity contribution is 6.35. The lowest BCUT2D eigenvalue weighted by atomic mass is 10.0. The van der Waals surface area contributed by atoms with Gasteiger partial charge < -0.3 is 20.3 Å². The van der Waals surface area contributed by atoms with Crippen molar-refractivity contribution in [2.75, 3.05) is 0 Å². The molecule has 0 bridgehead atoms. The molecule has 0 aliphatic carbocycles. The number of benzene rings is 2. The van der Waals surface area contributed by atoms with Crippen LogP contribution in [0.1, 0.15) is 26.7 Å². The molecule has 9 nitrogen and oxygen atoms in total. The number of nitrogens with zero attached hydrogens (tertiary/aromatic N) is 2. The second-order valence-corrected chi connectivity index (χ2v) is 8.98. The van der Waals surface area contributed by atoms with Gasteiger partial charge in [0.05, 0.1) is 11.0 Å². The molecule has 0 aliphatic rings. The van der Waals surface area contributed by atoms with Gasteiger partial charge in [0, 0.05) is 12.0 Å². The molecule has 0 aliphatic heterocycles. The first-order valence-corrected chi connectivity index (χ1v) is 11.7. The second kappa shape index (κ2) is 12.2. The summed E-state index contributed by atoms with van der Waals surface area (Å²) >= 11 is 0. The van der Waals surface area contributed by atoms with E-state index in [1.54, 1.807) is 18.4 Å². The van der Waals surface area contributed by atoms with Crippen molar-refractivity contribution >= 4 is 34.6 Å². The van der Waals surface area contributed by atoms with Crippen molar-refractivity contribution in [3.63, 3.8) is 0 Å². The predicted molar refractivity (Wildman–Crippen MR) is 132 cm³/mol. The molecule has 0 saturated carbocycles. The molecule has 0 radical (unpaired) electrons. The molecule has 1 heterocycles. The topological polar surface area (TPSA) is 130 Å². The number of carboxylic acids is 1. The van der Waals surface area contributed by atoms with E-state index < -0.39 is 48.5 Å². The van der Waals surface area contributed by atoms with Gasteiger partial charge in [0.2, 0.25) is 18.2 Å².